The standard InChI is InChI=1S/C23H16ClN9/c1-33-6-4-18(32-33)22-21(16-7-15-3-2-5-28-20(15)17(24)8-16)30-19(9-25)23(31-22)29-12-14-10-26-13-27-11-14/h2-8,10-11,13H,12H2,1H3,(H,29,31). The zero-order valence-electron chi connectivity index (χ0n) is 17.4. The molecule has 0 bridgehead atoms. The molecule has 0 saturated carbocycles. The molecule has 4 heterocycles. The first kappa shape index (κ1) is 20.5. The Morgan fingerprint density at radius 3 is 2.73 bits per heavy atom. The Morgan fingerprint density at radius 1 is 1.12 bits per heavy atom. The van der Waals surface area contributed by atoms with Gasteiger partial charge in [-0.05, 0) is 24.3 Å². The van der Waals surface area contributed by atoms with Gasteiger partial charge in [-0.3, -0.25) is 9.67 Å². The number of nitrogens with one attached hydrogen (secondary N) is 1. The van der Waals surface area contributed by atoms with Gasteiger partial charge >= 0.3 is 0 Å². The van der Waals surface area contributed by atoms with Crippen molar-refractivity contribution in [3.8, 4) is 28.7 Å². The Bertz CT molecular complexity index is 1510. The third-order valence-corrected chi connectivity index (χ3v) is 5.25. The summed E-state index contributed by atoms with van der Waals surface area (Å²) >= 11 is 6.52. The van der Waals surface area contributed by atoms with Gasteiger partial charge in [-0.25, -0.2) is 19.9 Å². The highest BCUT2D eigenvalue weighted by atomic mass is 35.5. The maximum absolute atomic E-state index is 9.81. The summed E-state index contributed by atoms with van der Waals surface area (Å²) in [4.78, 5) is 21.8. The van der Waals surface area contributed by atoms with Crippen LogP contribution in [0.1, 0.15) is 11.3 Å². The monoisotopic (exact) mass is 453 g/mol. The summed E-state index contributed by atoms with van der Waals surface area (Å²) in [7, 11) is 1.83. The molecule has 0 aliphatic rings. The molecule has 0 atom stereocenters. The van der Waals surface area contributed by atoms with Gasteiger partial charge in [0.1, 0.15) is 29.5 Å². The number of rotatable bonds is 5. The third kappa shape index (κ3) is 4.07. The molecule has 0 amide bonds. The minimum absolute atomic E-state index is 0.156. The molecule has 5 aromatic rings. The summed E-state index contributed by atoms with van der Waals surface area (Å²) in [6.07, 6.45) is 8.36. The summed E-state index contributed by atoms with van der Waals surface area (Å²) in [5.41, 5.74) is 4.07. The molecule has 4 aromatic heterocycles. The van der Waals surface area contributed by atoms with E-state index in [0.717, 1.165) is 10.9 Å². The molecule has 10 heteroatoms. The number of benzene rings is 1. The van der Waals surface area contributed by atoms with Crippen LogP contribution < -0.4 is 5.32 Å². The van der Waals surface area contributed by atoms with Crippen LogP contribution >= 0.6 is 11.6 Å². The molecule has 0 aliphatic heterocycles. The van der Waals surface area contributed by atoms with E-state index < -0.39 is 0 Å². The molecule has 1 aromatic carbocycles. The van der Waals surface area contributed by atoms with E-state index in [2.05, 4.69) is 36.4 Å². The number of hydrogen-bond acceptors (Lipinski definition) is 8. The van der Waals surface area contributed by atoms with E-state index in [-0.39, 0.29) is 5.69 Å². The summed E-state index contributed by atoms with van der Waals surface area (Å²) in [5.74, 6) is 0.347. The highest BCUT2D eigenvalue weighted by Crippen LogP contribution is 2.34. The molecule has 0 aliphatic carbocycles. The van der Waals surface area contributed by atoms with Crippen LogP contribution in [0.2, 0.25) is 5.02 Å². The van der Waals surface area contributed by atoms with Gasteiger partial charge in [0.2, 0.25) is 0 Å². The zero-order chi connectivity index (χ0) is 22.8. The normalized spacial score (nSPS) is 10.8. The Kier molecular flexibility index (Phi) is 5.34. The van der Waals surface area contributed by atoms with Crippen LogP contribution in [0.25, 0.3) is 33.5 Å². The predicted molar refractivity (Wildman–Crippen MR) is 124 cm³/mol. The molecular formula is C23H16ClN9. The van der Waals surface area contributed by atoms with Crippen LogP contribution in [0.15, 0.2) is 61.4 Å². The fourth-order valence-corrected chi connectivity index (χ4v) is 3.72. The summed E-state index contributed by atoms with van der Waals surface area (Å²) < 4.78 is 1.69. The molecule has 160 valence electrons. The van der Waals surface area contributed by atoms with Crippen LogP contribution in [0.5, 0.6) is 0 Å². The average Bonchev–Trinajstić information content (AvgIpc) is 3.29. The summed E-state index contributed by atoms with van der Waals surface area (Å²) in [6, 6.07) is 11.5. The van der Waals surface area contributed by atoms with Crippen LogP contribution in [-0.2, 0) is 13.6 Å². The van der Waals surface area contributed by atoms with Crippen molar-refractivity contribution in [3.63, 3.8) is 0 Å². The van der Waals surface area contributed by atoms with Gasteiger partial charge in [-0.15, -0.1) is 0 Å². The fourth-order valence-electron chi connectivity index (χ4n) is 3.45. The van der Waals surface area contributed by atoms with Crippen molar-refractivity contribution in [2.75, 3.05) is 5.32 Å². The molecule has 0 radical (unpaired) electrons. The van der Waals surface area contributed by atoms with Crippen molar-refractivity contribution in [1.29, 1.82) is 5.26 Å². The van der Waals surface area contributed by atoms with Crippen LogP contribution in [0, 0.1) is 11.3 Å². The van der Waals surface area contributed by atoms with Crippen molar-refractivity contribution < 1.29 is 0 Å². The molecule has 0 fully saturated rings. The second kappa shape index (κ2) is 8.61. The lowest BCUT2D eigenvalue weighted by atomic mass is 10.0. The lowest BCUT2D eigenvalue weighted by molar-refractivity contribution is 0.770. The van der Waals surface area contributed by atoms with Crippen LogP contribution in [0.4, 0.5) is 5.82 Å². The second-order valence-corrected chi connectivity index (χ2v) is 7.65. The van der Waals surface area contributed by atoms with Gasteiger partial charge in [-0.2, -0.15) is 10.4 Å². The van der Waals surface area contributed by atoms with E-state index >= 15 is 0 Å². The van der Waals surface area contributed by atoms with Crippen LogP contribution in [-0.4, -0.2) is 34.7 Å². The van der Waals surface area contributed by atoms with E-state index in [0.29, 0.717) is 45.5 Å². The molecule has 1 N–H and O–H groups in total. The maximum Gasteiger partial charge on any atom is 0.183 e. The van der Waals surface area contributed by atoms with Gasteiger partial charge in [0.05, 0.1) is 10.5 Å². The van der Waals surface area contributed by atoms with E-state index in [1.54, 1.807) is 29.3 Å². The summed E-state index contributed by atoms with van der Waals surface area (Å²) in [5, 5.41) is 18.8. The van der Waals surface area contributed by atoms with Crippen molar-refractivity contribution in [2.45, 2.75) is 6.54 Å². The highest BCUT2D eigenvalue weighted by Gasteiger charge is 2.20. The van der Waals surface area contributed by atoms with Crippen molar-refractivity contribution in [2.24, 2.45) is 7.05 Å². The SMILES string of the molecule is Cn1ccc(-c2nc(NCc3cncnc3)c(C#N)nc2-c2cc(Cl)c3ncccc3c2)n1. The number of nitrogens with zero attached hydrogens (tertiary/aromatic N) is 8. The van der Waals surface area contributed by atoms with E-state index in [4.69, 9.17) is 16.6 Å². The van der Waals surface area contributed by atoms with Gasteiger partial charge in [0, 0.05) is 54.9 Å². The minimum atomic E-state index is 0.156. The number of nitriles is 1. The molecule has 0 saturated heterocycles. The van der Waals surface area contributed by atoms with Gasteiger partial charge in [0.25, 0.3) is 0 Å². The third-order valence-electron chi connectivity index (χ3n) is 4.96. The molecule has 5 rings (SSSR count). The molecule has 9 nitrogen and oxygen atoms in total. The average molecular weight is 454 g/mol. The van der Waals surface area contributed by atoms with Crippen molar-refractivity contribution >= 4 is 28.3 Å². The Morgan fingerprint density at radius 2 is 1.97 bits per heavy atom. The number of fused-ring (bicyclic) bond motifs is 1. The quantitative estimate of drug-likeness (QED) is 0.424. The number of aromatic nitrogens is 7. The number of pyridine rings is 1. The van der Waals surface area contributed by atoms with E-state index in [9.17, 15) is 5.26 Å². The molecular weight excluding hydrogens is 438 g/mol. The largest absolute Gasteiger partial charge is 0.363 e. The first-order valence-electron chi connectivity index (χ1n) is 9.97. The van der Waals surface area contributed by atoms with Crippen molar-refractivity contribution in [3.05, 3.63) is 77.7 Å². The van der Waals surface area contributed by atoms with E-state index in [1.807, 2.05) is 37.5 Å². The van der Waals surface area contributed by atoms with Crippen molar-refractivity contribution in [1.82, 2.24) is 34.7 Å². The lowest BCUT2D eigenvalue weighted by Gasteiger charge is -2.13. The van der Waals surface area contributed by atoms with Gasteiger partial charge in [-0.1, -0.05) is 17.7 Å². The van der Waals surface area contributed by atoms with Crippen LogP contribution in [0.3, 0.4) is 0 Å². The Hall–Kier alpha value is -4.42. The lowest BCUT2D eigenvalue weighted by Crippen LogP contribution is -2.08. The predicted octanol–water partition coefficient (Wildman–Crippen LogP) is 4.02. The Balaban J connectivity index is 1.66. The number of hydrogen-bond donors (Lipinski definition) is 1. The number of anilines is 1. The first-order valence-corrected chi connectivity index (χ1v) is 10.3. The molecule has 33 heavy (non-hydrogen) atoms. The maximum atomic E-state index is 9.81. The molecule has 0 spiro atoms. The topological polar surface area (TPSA) is 118 Å². The number of halogens is 1. The van der Waals surface area contributed by atoms with E-state index in [1.165, 1.54) is 6.33 Å². The van der Waals surface area contributed by atoms with Gasteiger partial charge < -0.3 is 5.32 Å². The second-order valence-electron chi connectivity index (χ2n) is 7.24. The summed E-state index contributed by atoms with van der Waals surface area (Å²) in [6.45, 7) is 0.388. The fraction of sp³-hybridized carbons (Fsp3) is 0.0870. The minimum Gasteiger partial charge on any atom is -0.363 e. The molecule has 0 unspecified atom stereocenters. The highest BCUT2D eigenvalue weighted by molar-refractivity contribution is 6.35. The smallest absolute Gasteiger partial charge is 0.183 e. The zero-order valence-corrected chi connectivity index (χ0v) is 18.2. The van der Waals surface area contributed by atoms with Gasteiger partial charge in [0.15, 0.2) is 11.5 Å². The first-order chi connectivity index (χ1) is 16.1. The number of aryl methyl sites for hydroxylation is 1. The Labute approximate surface area is 193 Å².